The zero-order chi connectivity index (χ0) is 23.3. The van der Waals surface area contributed by atoms with Crippen molar-refractivity contribution in [2.75, 3.05) is 19.5 Å². The Labute approximate surface area is 180 Å². The van der Waals surface area contributed by atoms with Gasteiger partial charge in [-0.1, -0.05) is 18.2 Å². The fraction of sp³-hybridized carbons (Fsp3) is 0.182. The lowest BCUT2D eigenvalue weighted by Gasteiger charge is -2.16. The number of carbonyl (C=O) groups excluding carboxylic acids is 2. The molecule has 0 bridgehead atoms. The normalized spacial score (nSPS) is 11.0. The number of furan rings is 1. The molecule has 32 heavy (non-hydrogen) atoms. The molecule has 1 amide bonds. The Bertz CT molecular complexity index is 1110. The van der Waals surface area contributed by atoms with E-state index >= 15 is 0 Å². The van der Waals surface area contributed by atoms with Gasteiger partial charge in [0.2, 0.25) is 0 Å². The van der Waals surface area contributed by atoms with Crippen molar-refractivity contribution in [3.8, 4) is 11.5 Å². The molecule has 1 heterocycles. The molecule has 0 aliphatic carbocycles. The number of carbonyl (C=O) groups is 2. The van der Waals surface area contributed by atoms with Gasteiger partial charge < -0.3 is 23.9 Å². The number of rotatable bonds is 7. The molecular formula is C22H18F3NO6. The van der Waals surface area contributed by atoms with Gasteiger partial charge in [0.25, 0.3) is 5.91 Å². The average Bonchev–Trinajstić information content (AvgIpc) is 3.32. The van der Waals surface area contributed by atoms with E-state index in [4.69, 9.17) is 18.6 Å². The number of halogens is 3. The molecule has 168 valence electrons. The summed E-state index contributed by atoms with van der Waals surface area (Å²) in [6.07, 6.45) is -3.30. The van der Waals surface area contributed by atoms with Crippen LogP contribution in [0, 0.1) is 0 Å². The molecule has 0 saturated heterocycles. The topological polar surface area (TPSA) is 87.0 Å². The number of benzene rings is 2. The van der Waals surface area contributed by atoms with E-state index in [2.05, 4.69) is 5.32 Å². The average molecular weight is 449 g/mol. The van der Waals surface area contributed by atoms with E-state index < -0.39 is 30.2 Å². The van der Waals surface area contributed by atoms with Crippen molar-refractivity contribution in [2.24, 2.45) is 0 Å². The number of hydrogen-bond acceptors (Lipinski definition) is 6. The molecule has 0 atom stereocenters. The molecule has 1 aromatic heterocycles. The molecule has 0 aliphatic rings. The molecule has 1 N–H and O–H groups in total. The highest BCUT2D eigenvalue weighted by Gasteiger charge is 2.33. The van der Waals surface area contributed by atoms with Crippen LogP contribution in [0.5, 0.6) is 11.5 Å². The number of nitrogens with one attached hydrogen (secondary N) is 1. The van der Waals surface area contributed by atoms with E-state index in [0.717, 1.165) is 6.07 Å². The molecule has 0 radical (unpaired) electrons. The van der Waals surface area contributed by atoms with Crippen LogP contribution in [-0.4, -0.2) is 26.1 Å². The standard InChI is InChI=1S/C22H18F3NO6/c1-29-18-10-14(16(11-19(18)30-2)26-20(27)17-8-5-9-31-17)21(28)32-12-13-6-3-4-7-15(13)22(23,24)25/h3-11H,12H2,1-2H3,(H,26,27). The van der Waals surface area contributed by atoms with Crippen molar-refractivity contribution >= 4 is 17.6 Å². The van der Waals surface area contributed by atoms with Crippen LogP contribution >= 0.6 is 0 Å². The maximum Gasteiger partial charge on any atom is 0.416 e. The van der Waals surface area contributed by atoms with E-state index in [9.17, 15) is 22.8 Å². The maximum atomic E-state index is 13.2. The lowest BCUT2D eigenvalue weighted by atomic mass is 10.1. The highest BCUT2D eigenvalue weighted by Crippen LogP contribution is 2.35. The number of amides is 1. The fourth-order valence-corrected chi connectivity index (χ4v) is 2.89. The van der Waals surface area contributed by atoms with Crippen molar-refractivity contribution in [1.82, 2.24) is 0 Å². The van der Waals surface area contributed by atoms with Crippen LogP contribution in [0.15, 0.2) is 59.2 Å². The van der Waals surface area contributed by atoms with E-state index in [1.807, 2.05) is 0 Å². The molecule has 0 unspecified atom stereocenters. The Morgan fingerprint density at radius 1 is 1.00 bits per heavy atom. The highest BCUT2D eigenvalue weighted by atomic mass is 19.4. The largest absolute Gasteiger partial charge is 0.493 e. The first-order chi connectivity index (χ1) is 15.2. The first kappa shape index (κ1) is 22.7. The summed E-state index contributed by atoms with van der Waals surface area (Å²) in [7, 11) is 2.70. The highest BCUT2D eigenvalue weighted by molar-refractivity contribution is 6.07. The van der Waals surface area contributed by atoms with Gasteiger partial charge in [0.05, 0.1) is 37.3 Å². The van der Waals surface area contributed by atoms with Crippen molar-refractivity contribution in [3.63, 3.8) is 0 Å². The first-order valence-electron chi connectivity index (χ1n) is 9.17. The summed E-state index contributed by atoms with van der Waals surface area (Å²) < 4.78 is 60.1. The summed E-state index contributed by atoms with van der Waals surface area (Å²) in [5, 5.41) is 2.50. The number of alkyl halides is 3. The third-order valence-electron chi connectivity index (χ3n) is 4.42. The molecule has 0 fully saturated rings. The van der Waals surface area contributed by atoms with E-state index in [-0.39, 0.29) is 34.1 Å². The quantitative estimate of drug-likeness (QED) is 0.515. The molecule has 0 aliphatic heterocycles. The fourth-order valence-electron chi connectivity index (χ4n) is 2.89. The molecule has 0 spiro atoms. The van der Waals surface area contributed by atoms with Gasteiger partial charge in [0.1, 0.15) is 6.61 Å². The smallest absolute Gasteiger partial charge is 0.416 e. The summed E-state index contributed by atoms with van der Waals surface area (Å²) in [5.74, 6) is -1.28. The van der Waals surface area contributed by atoms with E-state index in [1.54, 1.807) is 0 Å². The third-order valence-corrected chi connectivity index (χ3v) is 4.42. The Balaban J connectivity index is 1.90. The van der Waals surface area contributed by atoms with Gasteiger partial charge >= 0.3 is 12.1 Å². The van der Waals surface area contributed by atoms with Crippen LogP contribution in [0.3, 0.4) is 0 Å². The van der Waals surface area contributed by atoms with Gasteiger partial charge in [-0.05, 0) is 18.2 Å². The monoisotopic (exact) mass is 449 g/mol. The van der Waals surface area contributed by atoms with E-state index in [1.165, 1.54) is 62.9 Å². The first-order valence-corrected chi connectivity index (χ1v) is 9.17. The van der Waals surface area contributed by atoms with Gasteiger partial charge in [-0.15, -0.1) is 0 Å². The van der Waals surface area contributed by atoms with Crippen LogP contribution < -0.4 is 14.8 Å². The lowest BCUT2D eigenvalue weighted by Crippen LogP contribution is -2.16. The van der Waals surface area contributed by atoms with Crippen LogP contribution in [0.2, 0.25) is 0 Å². The number of methoxy groups -OCH3 is 2. The predicted octanol–water partition coefficient (Wildman–Crippen LogP) is 4.92. The zero-order valence-electron chi connectivity index (χ0n) is 17.0. The second-order valence-corrected chi connectivity index (χ2v) is 6.42. The Morgan fingerprint density at radius 3 is 2.31 bits per heavy atom. The minimum Gasteiger partial charge on any atom is -0.493 e. The summed E-state index contributed by atoms with van der Waals surface area (Å²) in [5.41, 5.74) is -1.27. The summed E-state index contributed by atoms with van der Waals surface area (Å²) in [4.78, 5) is 25.1. The minimum absolute atomic E-state index is 0.00171. The molecule has 3 rings (SSSR count). The van der Waals surface area contributed by atoms with Crippen molar-refractivity contribution in [1.29, 1.82) is 0 Å². The van der Waals surface area contributed by atoms with Gasteiger partial charge in [-0.3, -0.25) is 4.79 Å². The summed E-state index contributed by atoms with van der Waals surface area (Å²) in [6.45, 7) is -0.631. The van der Waals surface area contributed by atoms with E-state index in [0.29, 0.717) is 0 Å². The summed E-state index contributed by atoms with van der Waals surface area (Å²) >= 11 is 0. The molecular weight excluding hydrogens is 431 g/mol. The Morgan fingerprint density at radius 2 is 1.69 bits per heavy atom. The Hall–Kier alpha value is -3.95. The van der Waals surface area contributed by atoms with Crippen molar-refractivity contribution < 1.29 is 41.4 Å². The van der Waals surface area contributed by atoms with Gasteiger partial charge in [-0.25, -0.2) is 4.79 Å². The lowest BCUT2D eigenvalue weighted by molar-refractivity contribution is -0.138. The zero-order valence-corrected chi connectivity index (χ0v) is 17.0. The van der Waals surface area contributed by atoms with Crippen LogP contribution in [-0.2, 0) is 17.5 Å². The number of anilines is 1. The number of esters is 1. The van der Waals surface area contributed by atoms with Gasteiger partial charge in [0, 0.05) is 17.7 Å². The maximum absolute atomic E-state index is 13.2. The predicted molar refractivity (Wildman–Crippen MR) is 107 cm³/mol. The number of ether oxygens (including phenoxy) is 3. The molecule has 10 heteroatoms. The minimum atomic E-state index is -4.60. The Kier molecular flexibility index (Phi) is 6.72. The van der Waals surface area contributed by atoms with Gasteiger partial charge in [0.15, 0.2) is 17.3 Å². The summed E-state index contributed by atoms with van der Waals surface area (Å²) in [6, 6.07) is 10.3. The molecule has 2 aromatic carbocycles. The van der Waals surface area contributed by atoms with Crippen molar-refractivity contribution in [2.45, 2.75) is 12.8 Å². The third kappa shape index (κ3) is 5.02. The number of hydrogen-bond donors (Lipinski definition) is 1. The second-order valence-electron chi connectivity index (χ2n) is 6.42. The SMILES string of the molecule is COc1cc(NC(=O)c2ccco2)c(C(=O)OCc2ccccc2C(F)(F)F)cc1OC. The van der Waals surface area contributed by atoms with Crippen LogP contribution in [0.1, 0.15) is 32.0 Å². The van der Waals surface area contributed by atoms with Gasteiger partial charge in [-0.2, -0.15) is 13.2 Å². The molecule has 0 saturated carbocycles. The molecule has 3 aromatic rings. The second kappa shape index (κ2) is 9.46. The van der Waals surface area contributed by atoms with Crippen molar-refractivity contribution in [3.05, 3.63) is 77.2 Å². The molecule has 7 nitrogen and oxygen atoms in total. The van der Waals surface area contributed by atoms with Crippen LogP contribution in [0.25, 0.3) is 0 Å². The van der Waals surface area contributed by atoms with Crippen LogP contribution in [0.4, 0.5) is 18.9 Å².